The van der Waals surface area contributed by atoms with Crippen LogP contribution in [0.5, 0.6) is 0 Å². The van der Waals surface area contributed by atoms with Crippen LogP contribution < -0.4 is 10.2 Å². The maximum Gasteiger partial charge on any atom is 0.242 e. The molecule has 174 valence electrons. The molecule has 0 spiro atoms. The van der Waals surface area contributed by atoms with Crippen molar-refractivity contribution in [3.8, 4) is 0 Å². The molecule has 4 atom stereocenters. The summed E-state index contributed by atoms with van der Waals surface area (Å²) in [4.78, 5) is 7.15. The summed E-state index contributed by atoms with van der Waals surface area (Å²) in [6.45, 7) is 4.66. The lowest BCUT2D eigenvalue weighted by Gasteiger charge is -2.38. The van der Waals surface area contributed by atoms with Gasteiger partial charge >= 0.3 is 0 Å². The van der Waals surface area contributed by atoms with E-state index in [-0.39, 0.29) is 11.6 Å². The van der Waals surface area contributed by atoms with Crippen molar-refractivity contribution in [1.82, 2.24) is 19.1 Å². The molecule has 2 aromatic heterocycles. The lowest BCUT2D eigenvalue weighted by Crippen LogP contribution is -2.48. The second-order valence-corrected chi connectivity index (χ2v) is 10.2. The first kappa shape index (κ1) is 20.9. The number of fused-ring (bicyclic) bond motifs is 3. The van der Waals surface area contributed by atoms with Crippen LogP contribution in [-0.4, -0.2) is 38.3 Å². The Morgan fingerprint density at radius 1 is 1.06 bits per heavy atom. The molecule has 1 saturated carbocycles. The number of benzene rings is 1. The van der Waals surface area contributed by atoms with Gasteiger partial charge in [0.05, 0.1) is 5.69 Å². The number of nitrogens with zero attached hydrogens (tertiary/aromatic N) is 5. The molecule has 2 aliphatic heterocycles. The van der Waals surface area contributed by atoms with E-state index < -0.39 is 23.4 Å². The van der Waals surface area contributed by atoms with Gasteiger partial charge in [-0.2, -0.15) is 9.36 Å². The Morgan fingerprint density at radius 2 is 1.85 bits per heavy atom. The van der Waals surface area contributed by atoms with Gasteiger partial charge in [0.15, 0.2) is 17.5 Å². The molecule has 0 amide bonds. The fraction of sp³-hybridized carbons (Fsp3) is 0.522. The molecular formula is C23H25F3N6S. The van der Waals surface area contributed by atoms with E-state index in [4.69, 9.17) is 4.98 Å². The first-order valence-corrected chi connectivity index (χ1v) is 12.3. The van der Waals surface area contributed by atoms with E-state index in [2.05, 4.69) is 25.8 Å². The van der Waals surface area contributed by atoms with E-state index in [0.29, 0.717) is 36.6 Å². The quantitative estimate of drug-likeness (QED) is 0.555. The van der Waals surface area contributed by atoms with Crippen molar-refractivity contribution in [2.45, 2.75) is 51.1 Å². The largest absolute Gasteiger partial charge is 0.361 e. The monoisotopic (exact) mass is 474 g/mol. The molecule has 1 N–H and O–H groups in total. The summed E-state index contributed by atoms with van der Waals surface area (Å²) >= 11 is 1.56. The van der Waals surface area contributed by atoms with Crippen LogP contribution in [0.25, 0.3) is 0 Å². The van der Waals surface area contributed by atoms with E-state index in [0.717, 1.165) is 44.1 Å². The molecule has 4 heterocycles. The minimum Gasteiger partial charge on any atom is -0.361 e. The third kappa shape index (κ3) is 3.59. The third-order valence-electron chi connectivity index (χ3n) is 7.37. The summed E-state index contributed by atoms with van der Waals surface area (Å²) in [6.07, 6.45) is 3.72. The lowest BCUT2D eigenvalue weighted by atomic mass is 9.90. The van der Waals surface area contributed by atoms with Gasteiger partial charge in [-0.05, 0) is 68.1 Å². The Morgan fingerprint density at radius 3 is 2.58 bits per heavy atom. The molecule has 6 nitrogen and oxygen atoms in total. The van der Waals surface area contributed by atoms with Gasteiger partial charge in [0.2, 0.25) is 5.95 Å². The topological polar surface area (TPSA) is 58.9 Å². The van der Waals surface area contributed by atoms with E-state index in [9.17, 15) is 13.2 Å². The second kappa shape index (κ2) is 8.00. The second-order valence-electron chi connectivity index (χ2n) is 9.46. The lowest BCUT2D eigenvalue weighted by molar-refractivity contribution is 0.377. The number of nitrogens with one attached hydrogen (secondary N) is 1. The van der Waals surface area contributed by atoms with Crippen molar-refractivity contribution in [3.63, 3.8) is 0 Å². The summed E-state index contributed by atoms with van der Waals surface area (Å²) in [5, 5.41) is 9.46. The average Bonchev–Trinajstić information content (AvgIpc) is 3.48. The summed E-state index contributed by atoms with van der Waals surface area (Å²) in [6, 6.07) is 4.75. The van der Waals surface area contributed by atoms with Crippen LogP contribution in [0.3, 0.4) is 0 Å². The molecular weight excluding hydrogens is 449 g/mol. The van der Waals surface area contributed by atoms with Gasteiger partial charge in [0.1, 0.15) is 10.8 Å². The summed E-state index contributed by atoms with van der Waals surface area (Å²) in [7, 11) is 0. The van der Waals surface area contributed by atoms with Gasteiger partial charge in [-0.15, -0.1) is 5.10 Å². The van der Waals surface area contributed by atoms with E-state index in [1.807, 2.05) is 6.92 Å². The fourth-order valence-corrected chi connectivity index (χ4v) is 6.58. The first-order valence-electron chi connectivity index (χ1n) is 11.5. The molecule has 2 bridgehead atoms. The average molecular weight is 475 g/mol. The van der Waals surface area contributed by atoms with E-state index in [1.165, 1.54) is 11.1 Å². The number of aromatic nitrogens is 4. The van der Waals surface area contributed by atoms with Crippen LogP contribution in [0.4, 0.5) is 24.1 Å². The Labute approximate surface area is 194 Å². The molecule has 2 fully saturated rings. The number of anilines is 2. The maximum absolute atomic E-state index is 14.5. The van der Waals surface area contributed by atoms with Gasteiger partial charge < -0.3 is 10.2 Å². The van der Waals surface area contributed by atoms with Crippen LogP contribution in [0.15, 0.2) is 18.2 Å². The Bertz CT molecular complexity index is 1180. The van der Waals surface area contributed by atoms with Crippen molar-refractivity contribution in [3.05, 3.63) is 52.7 Å². The highest BCUT2D eigenvalue weighted by Gasteiger charge is 2.43. The predicted molar refractivity (Wildman–Crippen MR) is 120 cm³/mol. The molecule has 3 aliphatic rings. The highest BCUT2D eigenvalue weighted by Crippen LogP contribution is 2.41. The van der Waals surface area contributed by atoms with E-state index >= 15 is 0 Å². The zero-order valence-corrected chi connectivity index (χ0v) is 19.1. The summed E-state index contributed by atoms with van der Waals surface area (Å²) in [5.41, 5.74) is 1.20. The minimum absolute atomic E-state index is 0.141. The Balaban J connectivity index is 1.22. The number of hydrogen-bond acceptors (Lipinski definition) is 6. The van der Waals surface area contributed by atoms with Crippen molar-refractivity contribution < 1.29 is 13.2 Å². The summed E-state index contributed by atoms with van der Waals surface area (Å²) < 4.78 is 48.0. The molecule has 0 radical (unpaired) electrons. The van der Waals surface area contributed by atoms with Crippen LogP contribution in [0.2, 0.25) is 0 Å². The van der Waals surface area contributed by atoms with Crippen LogP contribution in [-0.2, 0) is 6.54 Å². The Kier molecular flexibility index (Phi) is 5.08. The van der Waals surface area contributed by atoms with Crippen molar-refractivity contribution in [2.75, 3.05) is 23.3 Å². The number of piperidine rings is 1. The number of rotatable bonds is 4. The SMILES string of the molecule is Cc1cc(N2CC3CC[C@@H](C2)C3Nc2nc3n(n2)CCCC3c2ccc(F)c(F)c2F)sn1. The molecule has 3 aromatic rings. The molecule has 33 heavy (non-hydrogen) atoms. The number of halogens is 3. The standard InChI is InChI=1S/C23H25F3N6S/c1-12-9-18(33-30-12)31-10-13-4-5-14(11-31)21(13)27-23-28-22-16(3-2-8-32(22)29-23)15-6-7-17(24)20(26)19(15)25/h6-7,9,13-14,16,21H,2-5,8,10-11H2,1H3,(H,27,29)/t13-,14?,16?,21?/m0/s1. The maximum atomic E-state index is 14.5. The third-order valence-corrected chi connectivity index (χ3v) is 8.31. The molecule has 1 aromatic carbocycles. The summed E-state index contributed by atoms with van der Waals surface area (Å²) in [5.74, 6) is -2.03. The van der Waals surface area contributed by atoms with Gasteiger partial charge in [-0.1, -0.05) is 6.07 Å². The van der Waals surface area contributed by atoms with Gasteiger partial charge in [0.25, 0.3) is 0 Å². The highest BCUT2D eigenvalue weighted by atomic mass is 32.1. The van der Waals surface area contributed by atoms with Crippen molar-refractivity contribution in [2.24, 2.45) is 11.8 Å². The molecule has 1 aliphatic carbocycles. The van der Waals surface area contributed by atoms with Gasteiger partial charge in [-0.25, -0.2) is 17.9 Å². The minimum atomic E-state index is -1.43. The van der Waals surface area contributed by atoms with Crippen LogP contribution in [0.1, 0.15) is 48.7 Å². The zero-order valence-electron chi connectivity index (χ0n) is 18.3. The Hall–Kier alpha value is -2.62. The van der Waals surface area contributed by atoms with Crippen LogP contribution >= 0.6 is 11.5 Å². The van der Waals surface area contributed by atoms with Crippen molar-refractivity contribution >= 4 is 22.5 Å². The highest BCUT2D eigenvalue weighted by molar-refractivity contribution is 7.10. The molecule has 6 rings (SSSR count). The number of hydrogen-bond donors (Lipinski definition) is 1. The normalized spacial score (nSPS) is 26.5. The molecule has 10 heteroatoms. The zero-order chi connectivity index (χ0) is 22.7. The molecule has 3 unspecified atom stereocenters. The number of aryl methyl sites for hydroxylation is 2. The van der Waals surface area contributed by atoms with Gasteiger partial charge in [-0.3, -0.25) is 0 Å². The predicted octanol–water partition coefficient (Wildman–Crippen LogP) is 4.71. The van der Waals surface area contributed by atoms with Crippen LogP contribution in [0, 0.1) is 36.2 Å². The van der Waals surface area contributed by atoms with E-state index in [1.54, 1.807) is 16.2 Å². The first-order chi connectivity index (χ1) is 16.0. The fourth-order valence-electron chi connectivity index (χ4n) is 5.80. The van der Waals surface area contributed by atoms with Crippen molar-refractivity contribution in [1.29, 1.82) is 0 Å². The van der Waals surface area contributed by atoms with Gasteiger partial charge in [0, 0.05) is 37.2 Å². The molecule has 1 saturated heterocycles. The smallest absolute Gasteiger partial charge is 0.242 e.